The van der Waals surface area contributed by atoms with E-state index in [0.29, 0.717) is 5.56 Å². The molecular formula is C12H10BrFN2O3. The summed E-state index contributed by atoms with van der Waals surface area (Å²) in [5.74, 6) is -2.34. The van der Waals surface area contributed by atoms with Gasteiger partial charge in [-0.1, -0.05) is 28.1 Å². The molecule has 1 heterocycles. The van der Waals surface area contributed by atoms with E-state index in [1.54, 1.807) is 31.2 Å². The zero-order valence-electron chi connectivity index (χ0n) is 9.85. The molecule has 0 fully saturated rings. The highest BCUT2D eigenvalue weighted by molar-refractivity contribution is 9.10. The SMILES string of the molecule is CC(c1ccc(Br)cc1)n1c(O)c(F)c(=O)[nH]c1=O. The average molecular weight is 329 g/mol. The second-order valence-corrected chi connectivity index (χ2v) is 4.91. The summed E-state index contributed by atoms with van der Waals surface area (Å²) in [7, 11) is 0. The van der Waals surface area contributed by atoms with E-state index < -0.39 is 29.0 Å². The topological polar surface area (TPSA) is 75.1 Å². The van der Waals surface area contributed by atoms with Crippen molar-refractivity contribution in [3.63, 3.8) is 0 Å². The molecule has 100 valence electrons. The van der Waals surface area contributed by atoms with Crippen molar-refractivity contribution < 1.29 is 9.50 Å². The van der Waals surface area contributed by atoms with Crippen molar-refractivity contribution in [2.75, 3.05) is 0 Å². The van der Waals surface area contributed by atoms with E-state index >= 15 is 0 Å². The number of hydrogen-bond acceptors (Lipinski definition) is 3. The van der Waals surface area contributed by atoms with Crippen LogP contribution in [-0.2, 0) is 0 Å². The van der Waals surface area contributed by atoms with Gasteiger partial charge in [0.15, 0.2) is 0 Å². The van der Waals surface area contributed by atoms with E-state index in [2.05, 4.69) is 15.9 Å². The molecule has 1 atom stereocenters. The fourth-order valence-electron chi connectivity index (χ4n) is 1.77. The summed E-state index contributed by atoms with van der Waals surface area (Å²) in [6.45, 7) is 1.61. The maximum absolute atomic E-state index is 13.4. The largest absolute Gasteiger partial charge is 0.492 e. The predicted octanol–water partition coefficient (Wildman–Crippen LogP) is 1.75. The lowest BCUT2D eigenvalue weighted by Gasteiger charge is -2.16. The first-order chi connectivity index (χ1) is 8.91. The number of rotatable bonds is 2. The van der Waals surface area contributed by atoms with E-state index in [9.17, 15) is 19.1 Å². The van der Waals surface area contributed by atoms with Gasteiger partial charge < -0.3 is 5.11 Å². The van der Waals surface area contributed by atoms with Crippen molar-refractivity contribution in [2.24, 2.45) is 0 Å². The number of nitrogens with zero attached hydrogens (tertiary/aromatic N) is 1. The minimum Gasteiger partial charge on any atom is -0.492 e. The Morgan fingerprint density at radius 2 is 1.89 bits per heavy atom. The van der Waals surface area contributed by atoms with Gasteiger partial charge in [0.1, 0.15) is 0 Å². The first-order valence-corrected chi connectivity index (χ1v) is 6.20. The second kappa shape index (κ2) is 5.00. The van der Waals surface area contributed by atoms with E-state index in [0.717, 1.165) is 9.04 Å². The first-order valence-electron chi connectivity index (χ1n) is 5.40. The number of aromatic hydroxyl groups is 1. The molecule has 19 heavy (non-hydrogen) atoms. The second-order valence-electron chi connectivity index (χ2n) is 3.99. The first kappa shape index (κ1) is 13.5. The number of hydrogen-bond donors (Lipinski definition) is 2. The number of benzene rings is 1. The van der Waals surface area contributed by atoms with Gasteiger partial charge in [-0.05, 0) is 24.6 Å². The number of aromatic amines is 1. The van der Waals surface area contributed by atoms with Crippen molar-refractivity contribution in [2.45, 2.75) is 13.0 Å². The summed E-state index contributed by atoms with van der Waals surface area (Å²) >= 11 is 3.28. The molecule has 5 nitrogen and oxygen atoms in total. The fraction of sp³-hybridized carbons (Fsp3) is 0.167. The Balaban J connectivity index is 2.59. The van der Waals surface area contributed by atoms with Gasteiger partial charge in [-0.3, -0.25) is 14.3 Å². The Morgan fingerprint density at radius 3 is 2.47 bits per heavy atom. The zero-order chi connectivity index (χ0) is 14.2. The highest BCUT2D eigenvalue weighted by Crippen LogP contribution is 2.22. The van der Waals surface area contributed by atoms with E-state index in [1.165, 1.54) is 0 Å². The molecule has 0 aliphatic rings. The van der Waals surface area contributed by atoms with E-state index in [1.807, 2.05) is 4.98 Å². The van der Waals surface area contributed by atoms with E-state index in [-0.39, 0.29) is 0 Å². The third kappa shape index (κ3) is 2.46. The summed E-state index contributed by atoms with van der Waals surface area (Å²) in [6.07, 6.45) is 0. The lowest BCUT2D eigenvalue weighted by Crippen LogP contribution is -2.33. The van der Waals surface area contributed by atoms with Gasteiger partial charge in [-0.25, -0.2) is 4.79 Å². The third-order valence-corrected chi connectivity index (χ3v) is 3.33. The fourth-order valence-corrected chi connectivity index (χ4v) is 2.03. The van der Waals surface area contributed by atoms with Crippen molar-refractivity contribution in [3.05, 3.63) is 61.0 Å². The van der Waals surface area contributed by atoms with Crippen LogP contribution in [0.1, 0.15) is 18.5 Å². The van der Waals surface area contributed by atoms with Crippen LogP contribution >= 0.6 is 15.9 Å². The van der Waals surface area contributed by atoms with Crippen molar-refractivity contribution in [3.8, 4) is 5.88 Å². The maximum atomic E-state index is 13.4. The third-order valence-electron chi connectivity index (χ3n) is 2.80. The minimum atomic E-state index is -1.37. The summed E-state index contributed by atoms with van der Waals surface area (Å²) in [4.78, 5) is 24.5. The lowest BCUT2D eigenvalue weighted by molar-refractivity contribution is 0.351. The summed E-state index contributed by atoms with van der Waals surface area (Å²) in [6, 6.07) is 6.35. The van der Waals surface area contributed by atoms with Gasteiger partial charge in [0.25, 0.3) is 5.56 Å². The number of H-pyrrole nitrogens is 1. The van der Waals surface area contributed by atoms with Crippen LogP contribution in [0.15, 0.2) is 38.3 Å². The molecule has 0 bridgehead atoms. The van der Waals surface area contributed by atoms with Gasteiger partial charge in [-0.2, -0.15) is 4.39 Å². The van der Waals surface area contributed by atoms with Crippen LogP contribution in [0.2, 0.25) is 0 Å². The molecule has 1 aromatic heterocycles. The molecule has 0 saturated carbocycles. The minimum absolute atomic E-state index is 0.619. The molecule has 7 heteroatoms. The Bertz CT molecular complexity index is 721. The molecule has 0 aliphatic heterocycles. The Hall–Kier alpha value is -1.89. The molecule has 0 saturated heterocycles. The van der Waals surface area contributed by atoms with Crippen molar-refractivity contribution in [1.29, 1.82) is 0 Å². The van der Waals surface area contributed by atoms with Crippen LogP contribution in [0.4, 0.5) is 4.39 Å². The quantitative estimate of drug-likeness (QED) is 0.881. The van der Waals surface area contributed by atoms with Crippen molar-refractivity contribution in [1.82, 2.24) is 9.55 Å². The van der Waals surface area contributed by atoms with Crippen molar-refractivity contribution >= 4 is 15.9 Å². The molecule has 0 radical (unpaired) electrons. The van der Waals surface area contributed by atoms with Crippen LogP contribution < -0.4 is 11.2 Å². The molecule has 2 aromatic rings. The molecule has 0 aliphatic carbocycles. The Morgan fingerprint density at radius 1 is 1.32 bits per heavy atom. The van der Waals surface area contributed by atoms with Gasteiger partial charge in [0.05, 0.1) is 6.04 Å². The molecule has 0 amide bonds. The normalized spacial score (nSPS) is 12.4. The highest BCUT2D eigenvalue weighted by Gasteiger charge is 2.19. The Kier molecular flexibility index (Phi) is 3.57. The Labute approximate surface area is 115 Å². The summed E-state index contributed by atoms with van der Waals surface area (Å²) in [5, 5.41) is 9.60. The average Bonchev–Trinajstić information content (AvgIpc) is 2.37. The molecule has 1 aromatic carbocycles. The zero-order valence-corrected chi connectivity index (χ0v) is 11.4. The van der Waals surface area contributed by atoms with Crippen LogP contribution in [0.5, 0.6) is 5.88 Å². The number of nitrogens with one attached hydrogen (secondary N) is 1. The number of aromatic nitrogens is 2. The predicted molar refractivity (Wildman–Crippen MR) is 70.9 cm³/mol. The smallest absolute Gasteiger partial charge is 0.331 e. The molecular weight excluding hydrogens is 319 g/mol. The van der Waals surface area contributed by atoms with Crippen LogP contribution in [0, 0.1) is 5.82 Å². The van der Waals surface area contributed by atoms with Crippen LogP contribution in [0.25, 0.3) is 0 Å². The van der Waals surface area contributed by atoms with Gasteiger partial charge >= 0.3 is 5.69 Å². The monoisotopic (exact) mass is 328 g/mol. The molecule has 2 rings (SSSR count). The molecule has 1 unspecified atom stereocenters. The van der Waals surface area contributed by atoms with E-state index in [4.69, 9.17) is 0 Å². The van der Waals surface area contributed by atoms with Crippen LogP contribution in [-0.4, -0.2) is 14.7 Å². The molecule has 2 N–H and O–H groups in total. The molecule has 0 spiro atoms. The van der Waals surface area contributed by atoms with Gasteiger partial charge in [-0.15, -0.1) is 0 Å². The number of halogens is 2. The summed E-state index contributed by atoms with van der Waals surface area (Å²) in [5.41, 5.74) is -1.41. The maximum Gasteiger partial charge on any atom is 0.331 e. The lowest BCUT2D eigenvalue weighted by atomic mass is 10.1. The standard InChI is InChI=1S/C12H10BrFN2O3/c1-6(7-2-4-8(13)5-3-7)16-11(18)9(14)10(17)15-12(16)19/h2-6,18H,1H3,(H,15,17,19). The summed E-state index contributed by atoms with van der Waals surface area (Å²) < 4.78 is 15.0. The van der Waals surface area contributed by atoms with Crippen LogP contribution in [0.3, 0.4) is 0 Å². The van der Waals surface area contributed by atoms with Gasteiger partial charge in [0.2, 0.25) is 11.7 Å². The van der Waals surface area contributed by atoms with Gasteiger partial charge in [0, 0.05) is 4.47 Å². The highest BCUT2D eigenvalue weighted by atomic mass is 79.9.